The molecule has 0 spiro atoms. The topological polar surface area (TPSA) is 53.1 Å². The molecule has 2 aromatic rings. The molecule has 21 heavy (non-hydrogen) atoms. The summed E-state index contributed by atoms with van der Waals surface area (Å²) < 4.78 is 15.3. The van der Waals surface area contributed by atoms with Crippen LogP contribution in [0, 0.1) is 11.2 Å². The lowest BCUT2D eigenvalue weighted by Gasteiger charge is -2.18. The molecule has 0 radical (unpaired) electrons. The Hall–Kier alpha value is -1.72. The second-order valence-corrected chi connectivity index (χ2v) is 5.91. The Labute approximate surface area is 132 Å². The first kappa shape index (κ1) is 15.7. The Morgan fingerprint density at radius 1 is 1.19 bits per heavy atom. The number of nitrogens with zero attached hydrogens (tertiary/aromatic N) is 1. The highest BCUT2D eigenvalue weighted by Gasteiger charge is 2.12. The third kappa shape index (κ3) is 4.12. The van der Waals surface area contributed by atoms with Crippen LogP contribution in [0.3, 0.4) is 0 Å². The molecule has 0 aliphatic rings. The molecule has 3 nitrogen and oxygen atoms in total. The number of rotatable bonds is 5. The van der Waals surface area contributed by atoms with Gasteiger partial charge in [0.25, 0.3) is 0 Å². The molecule has 110 valence electrons. The molecule has 0 aromatic heterocycles. The van der Waals surface area contributed by atoms with Gasteiger partial charge in [-0.1, -0.05) is 40.2 Å². The summed E-state index contributed by atoms with van der Waals surface area (Å²) in [6, 6.07) is 13.0. The maximum atomic E-state index is 14.2. The Kier molecular flexibility index (Phi) is 5.09. The summed E-state index contributed by atoms with van der Waals surface area (Å²) in [4.78, 5) is 2.02. The van der Waals surface area contributed by atoms with Crippen LogP contribution in [0.2, 0.25) is 0 Å². The first-order chi connectivity index (χ1) is 9.97. The standard InChI is InChI=1S/C16H17BrFN3/c1-21(9-11-5-7-13(17)8-6-11)10-12-3-2-4-14(15(12)18)16(19)20/h2-8H,9-10H2,1H3,(H3,19,20). The van der Waals surface area contributed by atoms with Gasteiger partial charge in [-0.3, -0.25) is 10.3 Å². The van der Waals surface area contributed by atoms with Gasteiger partial charge in [-0.2, -0.15) is 0 Å². The molecule has 0 saturated heterocycles. The van der Waals surface area contributed by atoms with E-state index in [4.69, 9.17) is 11.1 Å². The monoisotopic (exact) mass is 349 g/mol. The number of benzene rings is 2. The van der Waals surface area contributed by atoms with Crippen molar-refractivity contribution in [2.75, 3.05) is 7.05 Å². The summed E-state index contributed by atoms with van der Waals surface area (Å²) in [6.07, 6.45) is 0. The Bertz CT molecular complexity index is 640. The lowest BCUT2D eigenvalue weighted by Crippen LogP contribution is -2.20. The summed E-state index contributed by atoms with van der Waals surface area (Å²) in [5.74, 6) is -0.655. The number of nitrogens with two attached hydrogens (primary N) is 1. The molecular formula is C16H17BrFN3. The second kappa shape index (κ2) is 6.83. The number of nitrogen functional groups attached to an aromatic ring is 1. The Balaban J connectivity index is 2.09. The fourth-order valence-corrected chi connectivity index (χ4v) is 2.42. The van der Waals surface area contributed by atoms with E-state index in [1.165, 1.54) is 6.07 Å². The number of nitrogens with one attached hydrogen (secondary N) is 1. The van der Waals surface area contributed by atoms with Crippen LogP contribution in [-0.2, 0) is 13.1 Å². The van der Waals surface area contributed by atoms with Gasteiger partial charge in [0, 0.05) is 23.1 Å². The second-order valence-electron chi connectivity index (χ2n) is 4.99. The minimum absolute atomic E-state index is 0.157. The molecule has 0 fully saturated rings. The molecule has 0 amide bonds. The summed E-state index contributed by atoms with van der Waals surface area (Å²) in [6.45, 7) is 1.18. The number of amidine groups is 1. The summed E-state index contributed by atoms with van der Waals surface area (Å²) in [5.41, 5.74) is 7.23. The Morgan fingerprint density at radius 3 is 2.48 bits per heavy atom. The highest BCUT2D eigenvalue weighted by molar-refractivity contribution is 9.10. The molecule has 0 unspecified atom stereocenters. The van der Waals surface area contributed by atoms with Crippen LogP contribution in [0.15, 0.2) is 46.9 Å². The van der Waals surface area contributed by atoms with Crippen molar-refractivity contribution < 1.29 is 4.39 Å². The first-order valence-corrected chi connectivity index (χ1v) is 7.31. The predicted octanol–water partition coefficient (Wildman–Crippen LogP) is 3.50. The van der Waals surface area contributed by atoms with Gasteiger partial charge in [-0.15, -0.1) is 0 Å². The van der Waals surface area contributed by atoms with E-state index in [0.717, 1.165) is 16.6 Å². The molecule has 5 heteroatoms. The van der Waals surface area contributed by atoms with E-state index in [1.54, 1.807) is 12.1 Å². The molecule has 0 saturated carbocycles. The van der Waals surface area contributed by atoms with Crippen molar-refractivity contribution in [1.82, 2.24) is 4.90 Å². The van der Waals surface area contributed by atoms with Crippen LogP contribution < -0.4 is 5.73 Å². The van der Waals surface area contributed by atoms with E-state index < -0.39 is 5.82 Å². The van der Waals surface area contributed by atoms with E-state index in [2.05, 4.69) is 15.9 Å². The van der Waals surface area contributed by atoms with E-state index in [1.807, 2.05) is 36.2 Å². The van der Waals surface area contributed by atoms with Crippen molar-refractivity contribution in [3.63, 3.8) is 0 Å². The largest absolute Gasteiger partial charge is 0.384 e. The van der Waals surface area contributed by atoms with Crippen LogP contribution >= 0.6 is 15.9 Å². The van der Waals surface area contributed by atoms with E-state index in [-0.39, 0.29) is 11.4 Å². The van der Waals surface area contributed by atoms with E-state index in [9.17, 15) is 4.39 Å². The van der Waals surface area contributed by atoms with Crippen LogP contribution in [0.5, 0.6) is 0 Å². The highest BCUT2D eigenvalue weighted by Crippen LogP contribution is 2.16. The van der Waals surface area contributed by atoms with Gasteiger partial charge < -0.3 is 5.73 Å². The molecule has 0 aliphatic carbocycles. The maximum absolute atomic E-state index is 14.2. The maximum Gasteiger partial charge on any atom is 0.138 e. The SMILES string of the molecule is CN(Cc1ccc(Br)cc1)Cc1cccc(C(=N)N)c1F. The zero-order valence-electron chi connectivity index (χ0n) is 11.7. The van der Waals surface area contributed by atoms with Crippen molar-refractivity contribution in [1.29, 1.82) is 5.41 Å². The van der Waals surface area contributed by atoms with Crippen molar-refractivity contribution in [3.8, 4) is 0 Å². The van der Waals surface area contributed by atoms with Crippen LogP contribution in [0.25, 0.3) is 0 Å². The normalized spacial score (nSPS) is 10.9. The van der Waals surface area contributed by atoms with Crippen molar-refractivity contribution >= 4 is 21.8 Å². The molecule has 0 heterocycles. The number of halogens is 2. The highest BCUT2D eigenvalue weighted by atomic mass is 79.9. The first-order valence-electron chi connectivity index (χ1n) is 6.52. The smallest absolute Gasteiger partial charge is 0.138 e. The zero-order valence-corrected chi connectivity index (χ0v) is 13.3. The fraction of sp³-hybridized carbons (Fsp3) is 0.188. The number of hydrogen-bond donors (Lipinski definition) is 2. The van der Waals surface area contributed by atoms with Gasteiger partial charge in [0.1, 0.15) is 11.7 Å². The van der Waals surface area contributed by atoms with Gasteiger partial charge in [-0.25, -0.2) is 4.39 Å². The minimum atomic E-state index is -0.410. The van der Waals surface area contributed by atoms with Crippen molar-refractivity contribution in [3.05, 3.63) is 69.4 Å². The van der Waals surface area contributed by atoms with Gasteiger partial charge in [0.15, 0.2) is 0 Å². The lowest BCUT2D eigenvalue weighted by molar-refractivity contribution is 0.313. The summed E-state index contributed by atoms with van der Waals surface area (Å²) in [7, 11) is 1.93. The molecule has 0 bridgehead atoms. The minimum Gasteiger partial charge on any atom is -0.384 e. The lowest BCUT2D eigenvalue weighted by atomic mass is 10.1. The van der Waals surface area contributed by atoms with Crippen LogP contribution in [0.1, 0.15) is 16.7 Å². The van der Waals surface area contributed by atoms with Gasteiger partial charge in [0.2, 0.25) is 0 Å². The summed E-state index contributed by atoms with van der Waals surface area (Å²) >= 11 is 3.40. The van der Waals surface area contributed by atoms with Crippen molar-refractivity contribution in [2.45, 2.75) is 13.1 Å². The number of hydrogen-bond acceptors (Lipinski definition) is 2. The molecular weight excluding hydrogens is 333 g/mol. The predicted molar refractivity (Wildman–Crippen MR) is 86.7 cm³/mol. The van der Waals surface area contributed by atoms with Crippen LogP contribution in [-0.4, -0.2) is 17.8 Å². The molecule has 2 aromatic carbocycles. The average molecular weight is 350 g/mol. The van der Waals surface area contributed by atoms with Gasteiger partial charge in [-0.05, 0) is 30.8 Å². The van der Waals surface area contributed by atoms with Gasteiger partial charge >= 0.3 is 0 Å². The zero-order chi connectivity index (χ0) is 15.4. The quantitative estimate of drug-likeness (QED) is 0.641. The third-order valence-corrected chi connectivity index (χ3v) is 3.70. The third-order valence-electron chi connectivity index (χ3n) is 3.17. The summed E-state index contributed by atoms with van der Waals surface area (Å²) in [5, 5.41) is 7.37. The molecule has 3 N–H and O–H groups in total. The molecule has 0 aliphatic heterocycles. The molecule has 2 rings (SSSR count). The van der Waals surface area contributed by atoms with Gasteiger partial charge in [0.05, 0.1) is 5.56 Å². The Morgan fingerprint density at radius 2 is 1.86 bits per heavy atom. The molecule has 0 atom stereocenters. The van der Waals surface area contributed by atoms with E-state index in [0.29, 0.717) is 12.1 Å². The fourth-order valence-electron chi connectivity index (χ4n) is 2.16. The van der Waals surface area contributed by atoms with Crippen LogP contribution in [0.4, 0.5) is 4.39 Å². The average Bonchev–Trinajstić information content (AvgIpc) is 2.43. The van der Waals surface area contributed by atoms with E-state index >= 15 is 0 Å². The van der Waals surface area contributed by atoms with Crippen molar-refractivity contribution in [2.24, 2.45) is 5.73 Å².